The third-order valence-electron chi connectivity index (χ3n) is 4.69. The normalized spacial score (nSPS) is 24.0. The molecule has 0 heterocycles. The summed E-state index contributed by atoms with van der Waals surface area (Å²) >= 11 is 0. The van der Waals surface area contributed by atoms with E-state index < -0.39 is 11.5 Å². The molecule has 1 amide bonds. The summed E-state index contributed by atoms with van der Waals surface area (Å²) in [5.41, 5.74) is -0.0843. The summed E-state index contributed by atoms with van der Waals surface area (Å²) < 4.78 is 5.16. The van der Waals surface area contributed by atoms with Crippen molar-refractivity contribution < 1.29 is 19.4 Å². The van der Waals surface area contributed by atoms with Gasteiger partial charge in [0.25, 0.3) is 0 Å². The van der Waals surface area contributed by atoms with E-state index in [2.05, 4.69) is 12.2 Å². The zero-order valence-corrected chi connectivity index (χ0v) is 13.8. The molecular formula is C18H25NO4. The van der Waals surface area contributed by atoms with Crippen molar-refractivity contribution in [1.29, 1.82) is 0 Å². The number of amides is 1. The number of carboxylic acids is 1. The topological polar surface area (TPSA) is 75.6 Å². The zero-order chi connectivity index (χ0) is 16.9. The maximum atomic E-state index is 12.2. The van der Waals surface area contributed by atoms with Crippen LogP contribution in [0.2, 0.25) is 0 Å². The van der Waals surface area contributed by atoms with Gasteiger partial charge in [0.2, 0.25) is 5.91 Å². The van der Waals surface area contributed by atoms with Gasteiger partial charge < -0.3 is 15.2 Å². The molecule has 5 nitrogen and oxygen atoms in total. The van der Waals surface area contributed by atoms with Gasteiger partial charge in [0.1, 0.15) is 11.3 Å². The van der Waals surface area contributed by atoms with Crippen molar-refractivity contribution in [1.82, 2.24) is 5.32 Å². The maximum Gasteiger partial charge on any atom is 0.329 e. The van der Waals surface area contributed by atoms with E-state index in [0.29, 0.717) is 25.2 Å². The minimum absolute atomic E-state index is 0.204. The van der Waals surface area contributed by atoms with Crippen molar-refractivity contribution in [3.05, 3.63) is 29.8 Å². The van der Waals surface area contributed by atoms with E-state index in [-0.39, 0.29) is 12.3 Å². The number of rotatable bonds is 6. The van der Waals surface area contributed by atoms with Crippen LogP contribution in [-0.4, -0.2) is 29.6 Å². The van der Waals surface area contributed by atoms with E-state index >= 15 is 0 Å². The molecule has 126 valence electrons. The standard InChI is InChI=1S/C18H25NO4/c1-13-8-10-18(11-9-13,17(21)22)19-16(20)7-6-14-4-3-5-15(12-14)23-2/h3-5,12-13H,6-11H2,1-2H3,(H,19,20)(H,21,22). The molecule has 23 heavy (non-hydrogen) atoms. The fourth-order valence-electron chi connectivity index (χ4n) is 3.06. The minimum Gasteiger partial charge on any atom is -0.497 e. The number of ether oxygens (including phenoxy) is 1. The Morgan fingerprint density at radius 1 is 1.35 bits per heavy atom. The average molecular weight is 319 g/mol. The van der Waals surface area contributed by atoms with Crippen molar-refractivity contribution in [3.8, 4) is 5.75 Å². The number of carboxylic acid groups (broad SMARTS) is 1. The highest BCUT2D eigenvalue weighted by Crippen LogP contribution is 2.32. The number of hydrogen-bond donors (Lipinski definition) is 2. The lowest BCUT2D eigenvalue weighted by molar-refractivity contribution is -0.149. The second-order valence-electron chi connectivity index (χ2n) is 6.47. The Bertz CT molecular complexity index is 562. The van der Waals surface area contributed by atoms with Crippen LogP contribution < -0.4 is 10.1 Å². The molecule has 2 N–H and O–H groups in total. The zero-order valence-electron chi connectivity index (χ0n) is 13.8. The number of benzene rings is 1. The first-order chi connectivity index (χ1) is 10.9. The summed E-state index contributed by atoms with van der Waals surface area (Å²) in [5, 5.41) is 12.3. The summed E-state index contributed by atoms with van der Waals surface area (Å²) in [6, 6.07) is 7.56. The van der Waals surface area contributed by atoms with Gasteiger partial charge in [-0.3, -0.25) is 4.79 Å². The molecule has 0 saturated heterocycles. The fourth-order valence-corrected chi connectivity index (χ4v) is 3.06. The van der Waals surface area contributed by atoms with Gasteiger partial charge in [-0.25, -0.2) is 4.79 Å². The van der Waals surface area contributed by atoms with Crippen LogP contribution in [0, 0.1) is 5.92 Å². The van der Waals surface area contributed by atoms with Gasteiger partial charge in [-0.2, -0.15) is 0 Å². The molecule has 0 spiro atoms. The predicted octanol–water partition coefficient (Wildman–Crippen LogP) is 2.78. The van der Waals surface area contributed by atoms with Crippen molar-refractivity contribution >= 4 is 11.9 Å². The molecule has 1 aliphatic carbocycles. The second-order valence-corrected chi connectivity index (χ2v) is 6.47. The third-order valence-corrected chi connectivity index (χ3v) is 4.69. The summed E-state index contributed by atoms with van der Waals surface area (Å²) in [6.45, 7) is 2.12. The van der Waals surface area contributed by atoms with Gasteiger partial charge in [0.05, 0.1) is 7.11 Å². The number of nitrogens with one attached hydrogen (secondary N) is 1. The van der Waals surface area contributed by atoms with Crippen molar-refractivity contribution in [3.63, 3.8) is 0 Å². The average Bonchev–Trinajstić information content (AvgIpc) is 2.55. The minimum atomic E-state index is -1.09. The van der Waals surface area contributed by atoms with Crippen LogP contribution in [0.4, 0.5) is 0 Å². The molecule has 1 aromatic carbocycles. The Labute approximate surface area is 137 Å². The lowest BCUT2D eigenvalue weighted by atomic mass is 9.77. The highest BCUT2D eigenvalue weighted by atomic mass is 16.5. The van der Waals surface area contributed by atoms with Crippen molar-refractivity contribution in [2.45, 2.75) is 51.0 Å². The summed E-state index contributed by atoms with van der Waals surface area (Å²) in [6.07, 6.45) is 3.53. The van der Waals surface area contributed by atoms with E-state index in [1.807, 2.05) is 24.3 Å². The van der Waals surface area contributed by atoms with Crippen LogP contribution in [0.15, 0.2) is 24.3 Å². The smallest absolute Gasteiger partial charge is 0.329 e. The molecule has 0 radical (unpaired) electrons. The quantitative estimate of drug-likeness (QED) is 0.845. The first kappa shape index (κ1) is 17.3. The second kappa shape index (κ2) is 7.49. The van der Waals surface area contributed by atoms with E-state index in [1.54, 1.807) is 7.11 Å². The van der Waals surface area contributed by atoms with Crippen molar-refractivity contribution in [2.75, 3.05) is 7.11 Å². The van der Waals surface area contributed by atoms with Gasteiger partial charge in [0, 0.05) is 6.42 Å². The molecule has 1 aliphatic rings. The number of carbonyl (C=O) groups is 2. The monoisotopic (exact) mass is 319 g/mol. The predicted molar refractivity (Wildman–Crippen MR) is 87.5 cm³/mol. The van der Waals surface area contributed by atoms with Gasteiger partial charge >= 0.3 is 5.97 Å². The molecule has 1 fully saturated rings. The number of carbonyl (C=O) groups excluding carboxylic acids is 1. The number of hydrogen-bond acceptors (Lipinski definition) is 3. The maximum absolute atomic E-state index is 12.2. The van der Waals surface area contributed by atoms with Crippen LogP contribution in [0.3, 0.4) is 0 Å². The molecule has 0 bridgehead atoms. The molecule has 1 saturated carbocycles. The Morgan fingerprint density at radius 3 is 2.65 bits per heavy atom. The summed E-state index contributed by atoms with van der Waals surface area (Å²) in [5.74, 6) is 0.159. The van der Waals surface area contributed by atoms with Gasteiger partial charge in [-0.1, -0.05) is 19.1 Å². The molecule has 1 aromatic rings. The lowest BCUT2D eigenvalue weighted by Crippen LogP contribution is -2.56. The Hall–Kier alpha value is -2.04. The largest absolute Gasteiger partial charge is 0.497 e. The SMILES string of the molecule is COc1cccc(CCC(=O)NC2(C(=O)O)CCC(C)CC2)c1. The molecule has 0 unspecified atom stereocenters. The molecule has 0 aliphatic heterocycles. The van der Waals surface area contributed by atoms with E-state index in [0.717, 1.165) is 24.2 Å². The third kappa shape index (κ3) is 4.47. The van der Waals surface area contributed by atoms with Crippen LogP contribution in [-0.2, 0) is 16.0 Å². The van der Waals surface area contributed by atoms with E-state index in [4.69, 9.17) is 4.74 Å². The Kier molecular flexibility index (Phi) is 5.64. The van der Waals surface area contributed by atoms with E-state index in [9.17, 15) is 14.7 Å². The van der Waals surface area contributed by atoms with Crippen LogP contribution >= 0.6 is 0 Å². The van der Waals surface area contributed by atoms with Gasteiger partial charge in [-0.15, -0.1) is 0 Å². The first-order valence-electron chi connectivity index (χ1n) is 8.12. The highest BCUT2D eigenvalue weighted by molar-refractivity contribution is 5.87. The highest BCUT2D eigenvalue weighted by Gasteiger charge is 2.42. The van der Waals surface area contributed by atoms with Crippen LogP contribution in [0.5, 0.6) is 5.75 Å². The number of aliphatic carboxylic acids is 1. The lowest BCUT2D eigenvalue weighted by Gasteiger charge is -2.36. The molecule has 0 atom stereocenters. The Balaban J connectivity index is 1.93. The number of aryl methyl sites for hydroxylation is 1. The van der Waals surface area contributed by atoms with E-state index in [1.165, 1.54) is 0 Å². The molecule has 5 heteroatoms. The first-order valence-corrected chi connectivity index (χ1v) is 8.12. The summed E-state index contributed by atoms with van der Waals surface area (Å²) in [4.78, 5) is 23.9. The Morgan fingerprint density at radius 2 is 2.04 bits per heavy atom. The van der Waals surface area contributed by atoms with Crippen LogP contribution in [0.25, 0.3) is 0 Å². The fraction of sp³-hybridized carbons (Fsp3) is 0.556. The van der Waals surface area contributed by atoms with Gasteiger partial charge in [0.15, 0.2) is 0 Å². The van der Waals surface area contributed by atoms with Crippen LogP contribution in [0.1, 0.15) is 44.6 Å². The molecule has 2 rings (SSSR count). The van der Waals surface area contributed by atoms with Crippen molar-refractivity contribution in [2.24, 2.45) is 5.92 Å². The molecule has 0 aromatic heterocycles. The summed E-state index contributed by atoms with van der Waals surface area (Å²) in [7, 11) is 1.60. The van der Waals surface area contributed by atoms with Gasteiger partial charge in [-0.05, 0) is 55.7 Å². The molecular weight excluding hydrogens is 294 g/mol. The number of methoxy groups -OCH3 is 1.